The molecular formula is C13H21NO4. The zero-order chi connectivity index (χ0) is 13.2. The monoisotopic (exact) mass is 255 g/mol. The second-order valence-corrected chi connectivity index (χ2v) is 3.76. The van der Waals surface area contributed by atoms with Gasteiger partial charge in [-0.25, -0.2) is 0 Å². The van der Waals surface area contributed by atoms with E-state index >= 15 is 0 Å². The summed E-state index contributed by atoms with van der Waals surface area (Å²) in [6, 6.07) is 7.46. The number of rotatable bonds is 9. The molecule has 0 aliphatic carbocycles. The van der Waals surface area contributed by atoms with E-state index in [0.29, 0.717) is 25.6 Å². The van der Waals surface area contributed by atoms with Gasteiger partial charge >= 0.3 is 0 Å². The summed E-state index contributed by atoms with van der Waals surface area (Å²) in [7, 11) is 0. The predicted molar refractivity (Wildman–Crippen MR) is 70.0 cm³/mol. The van der Waals surface area contributed by atoms with Gasteiger partial charge in [0.2, 0.25) is 0 Å². The van der Waals surface area contributed by atoms with Crippen LogP contribution in [0, 0.1) is 0 Å². The maximum atomic E-state index is 9.28. The average molecular weight is 255 g/mol. The maximum Gasteiger partial charge on any atom is 0.142 e. The molecule has 1 atom stereocenters. The SMILES string of the molecule is CCOCCOc1ccccc1NCC(O)CO. The lowest BCUT2D eigenvalue weighted by atomic mass is 10.2. The first-order chi connectivity index (χ1) is 8.77. The summed E-state index contributed by atoms with van der Waals surface area (Å²) in [5.74, 6) is 0.711. The molecule has 0 fully saturated rings. The van der Waals surface area contributed by atoms with Crippen molar-refractivity contribution in [1.29, 1.82) is 0 Å². The smallest absolute Gasteiger partial charge is 0.142 e. The van der Waals surface area contributed by atoms with E-state index < -0.39 is 6.10 Å². The third kappa shape index (κ3) is 5.35. The van der Waals surface area contributed by atoms with Gasteiger partial charge in [0.15, 0.2) is 0 Å². The number of aliphatic hydroxyl groups is 2. The van der Waals surface area contributed by atoms with Crippen LogP contribution in [0.15, 0.2) is 24.3 Å². The lowest BCUT2D eigenvalue weighted by molar-refractivity contribution is 0.104. The van der Waals surface area contributed by atoms with Gasteiger partial charge in [-0.3, -0.25) is 0 Å². The van der Waals surface area contributed by atoms with Gasteiger partial charge < -0.3 is 25.0 Å². The fourth-order valence-electron chi connectivity index (χ4n) is 1.39. The molecule has 0 saturated carbocycles. The van der Waals surface area contributed by atoms with E-state index in [1.807, 2.05) is 31.2 Å². The summed E-state index contributed by atoms with van der Waals surface area (Å²) in [5, 5.41) is 21.1. The zero-order valence-electron chi connectivity index (χ0n) is 10.6. The number of anilines is 1. The number of nitrogens with one attached hydrogen (secondary N) is 1. The van der Waals surface area contributed by atoms with Crippen molar-refractivity contribution in [2.45, 2.75) is 13.0 Å². The van der Waals surface area contributed by atoms with Gasteiger partial charge in [-0.1, -0.05) is 12.1 Å². The molecule has 1 aromatic carbocycles. The highest BCUT2D eigenvalue weighted by Gasteiger charge is 2.05. The third-order valence-electron chi connectivity index (χ3n) is 2.32. The molecule has 102 valence electrons. The second kappa shape index (κ2) is 8.74. The molecule has 3 N–H and O–H groups in total. The molecule has 0 bridgehead atoms. The van der Waals surface area contributed by atoms with E-state index in [2.05, 4.69) is 5.32 Å². The number of ether oxygens (including phenoxy) is 2. The van der Waals surface area contributed by atoms with E-state index in [1.165, 1.54) is 0 Å². The van der Waals surface area contributed by atoms with Crippen LogP contribution in [0.2, 0.25) is 0 Å². The van der Waals surface area contributed by atoms with Crippen molar-refractivity contribution in [3.8, 4) is 5.75 Å². The maximum absolute atomic E-state index is 9.28. The van der Waals surface area contributed by atoms with Crippen molar-refractivity contribution in [3.05, 3.63) is 24.3 Å². The summed E-state index contributed by atoms with van der Waals surface area (Å²) in [5.41, 5.74) is 0.793. The quantitative estimate of drug-likeness (QED) is 0.571. The molecule has 1 aromatic rings. The Morgan fingerprint density at radius 1 is 1.28 bits per heavy atom. The molecule has 0 radical (unpaired) electrons. The topological polar surface area (TPSA) is 71.0 Å². The minimum atomic E-state index is -0.776. The van der Waals surface area contributed by atoms with Crippen molar-refractivity contribution < 1.29 is 19.7 Å². The third-order valence-corrected chi connectivity index (χ3v) is 2.32. The van der Waals surface area contributed by atoms with Crippen molar-refractivity contribution in [3.63, 3.8) is 0 Å². The Hall–Kier alpha value is -1.30. The van der Waals surface area contributed by atoms with Gasteiger partial charge in [0.25, 0.3) is 0 Å². The van der Waals surface area contributed by atoms with Gasteiger partial charge in [-0.05, 0) is 19.1 Å². The van der Waals surface area contributed by atoms with Crippen LogP contribution in [0.5, 0.6) is 5.75 Å². The lowest BCUT2D eigenvalue weighted by Crippen LogP contribution is -2.23. The minimum Gasteiger partial charge on any atom is -0.489 e. The first-order valence-corrected chi connectivity index (χ1v) is 6.10. The second-order valence-electron chi connectivity index (χ2n) is 3.76. The van der Waals surface area contributed by atoms with Crippen LogP contribution in [-0.4, -0.2) is 49.3 Å². The van der Waals surface area contributed by atoms with Crippen LogP contribution in [0.3, 0.4) is 0 Å². The van der Waals surface area contributed by atoms with E-state index in [0.717, 1.165) is 5.69 Å². The van der Waals surface area contributed by atoms with Crippen molar-refractivity contribution >= 4 is 5.69 Å². The summed E-state index contributed by atoms with van der Waals surface area (Å²) >= 11 is 0. The summed E-state index contributed by atoms with van der Waals surface area (Å²) in [4.78, 5) is 0. The van der Waals surface area contributed by atoms with Gasteiger partial charge in [0.05, 0.1) is 25.0 Å². The number of para-hydroxylation sites is 2. The van der Waals surface area contributed by atoms with Crippen LogP contribution in [0.4, 0.5) is 5.69 Å². The normalized spacial score (nSPS) is 12.2. The number of hydrogen-bond acceptors (Lipinski definition) is 5. The van der Waals surface area contributed by atoms with Gasteiger partial charge in [0.1, 0.15) is 12.4 Å². The minimum absolute atomic E-state index is 0.264. The van der Waals surface area contributed by atoms with Gasteiger partial charge in [-0.15, -0.1) is 0 Å². The van der Waals surface area contributed by atoms with Gasteiger partial charge in [0, 0.05) is 13.2 Å². The number of aliphatic hydroxyl groups excluding tert-OH is 2. The molecule has 0 saturated heterocycles. The Morgan fingerprint density at radius 3 is 2.78 bits per heavy atom. The van der Waals surface area contributed by atoms with Crippen LogP contribution in [0.25, 0.3) is 0 Å². The average Bonchev–Trinajstić information content (AvgIpc) is 2.42. The molecule has 0 spiro atoms. The summed E-state index contributed by atoms with van der Waals surface area (Å²) in [6.07, 6.45) is -0.776. The van der Waals surface area contributed by atoms with Gasteiger partial charge in [-0.2, -0.15) is 0 Å². The zero-order valence-corrected chi connectivity index (χ0v) is 10.6. The Labute approximate surface area is 107 Å². The fraction of sp³-hybridized carbons (Fsp3) is 0.538. The van der Waals surface area contributed by atoms with Crippen molar-refractivity contribution in [1.82, 2.24) is 0 Å². The Bertz CT molecular complexity index is 333. The number of hydrogen-bond donors (Lipinski definition) is 3. The molecule has 0 aromatic heterocycles. The largest absolute Gasteiger partial charge is 0.489 e. The summed E-state index contributed by atoms with van der Waals surface area (Å²) < 4.78 is 10.8. The first kappa shape index (κ1) is 14.8. The standard InChI is InChI=1S/C13H21NO4/c1-2-17-7-8-18-13-6-4-3-5-12(13)14-9-11(16)10-15/h3-6,11,14-16H,2,7-10H2,1H3. The van der Waals surface area contributed by atoms with E-state index in [1.54, 1.807) is 0 Å². The summed E-state index contributed by atoms with van der Waals surface area (Å²) in [6.45, 7) is 3.65. The molecule has 0 amide bonds. The number of benzene rings is 1. The van der Waals surface area contributed by atoms with E-state index in [4.69, 9.17) is 14.6 Å². The van der Waals surface area contributed by atoms with Crippen molar-refractivity contribution in [2.75, 3.05) is 38.3 Å². The molecule has 5 heteroatoms. The van der Waals surface area contributed by atoms with Crippen LogP contribution < -0.4 is 10.1 Å². The predicted octanol–water partition coefficient (Wildman–Crippen LogP) is 0.867. The molecule has 0 heterocycles. The molecule has 1 unspecified atom stereocenters. The molecule has 0 aliphatic heterocycles. The highest BCUT2D eigenvalue weighted by Crippen LogP contribution is 2.23. The van der Waals surface area contributed by atoms with E-state index in [9.17, 15) is 5.11 Å². The first-order valence-electron chi connectivity index (χ1n) is 6.10. The Kier molecular flexibility index (Phi) is 7.17. The molecular weight excluding hydrogens is 234 g/mol. The fourth-order valence-corrected chi connectivity index (χ4v) is 1.39. The molecule has 18 heavy (non-hydrogen) atoms. The lowest BCUT2D eigenvalue weighted by Gasteiger charge is -2.14. The van der Waals surface area contributed by atoms with Crippen molar-refractivity contribution in [2.24, 2.45) is 0 Å². The van der Waals surface area contributed by atoms with Crippen LogP contribution in [0.1, 0.15) is 6.92 Å². The molecule has 0 aliphatic rings. The highest BCUT2D eigenvalue weighted by molar-refractivity contribution is 5.56. The molecule has 5 nitrogen and oxygen atoms in total. The van der Waals surface area contributed by atoms with E-state index in [-0.39, 0.29) is 13.2 Å². The molecule has 1 rings (SSSR count). The Balaban J connectivity index is 2.45. The Morgan fingerprint density at radius 2 is 2.06 bits per heavy atom. The van der Waals surface area contributed by atoms with Crippen LogP contribution >= 0.6 is 0 Å². The highest BCUT2D eigenvalue weighted by atomic mass is 16.5. The van der Waals surface area contributed by atoms with Crippen LogP contribution in [-0.2, 0) is 4.74 Å².